The van der Waals surface area contributed by atoms with Crippen LogP contribution in [0.4, 0.5) is 5.69 Å². The summed E-state index contributed by atoms with van der Waals surface area (Å²) in [6, 6.07) is 7.31. The number of anilines is 1. The maximum absolute atomic E-state index is 12.7. The van der Waals surface area contributed by atoms with Crippen LogP contribution in [0.25, 0.3) is 0 Å². The van der Waals surface area contributed by atoms with E-state index >= 15 is 0 Å². The van der Waals surface area contributed by atoms with E-state index in [0.717, 1.165) is 35.5 Å². The van der Waals surface area contributed by atoms with Gasteiger partial charge >= 0.3 is 5.97 Å². The van der Waals surface area contributed by atoms with Gasteiger partial charge in [0.15, 0.2) is 0 Å². The van der Waals surface area contributed by atoms with Crippen molar-refractivity contribution in [2.24, 2.45) is 0 Å². The Balaban J connectivity index is 1.96. The zero-order valence-electron chi connectivity index (χ0n) is 11.9. The summed E-state index contributed by atoms with van der Waals surface area (Å²) < 4.78 is 0. The fourth-order valence-electron chi connectivity index (χ4n) is 2.90. The van der Waals surface area contributed by atoms with Crippen molar-refractivity contribution < 1.29 is 14.7 Å². The van der Waals surface area contributed by atoms with Crippen molar-refractivity contribution in [3.63, 3.8) is 0 Å². The molecule has 0 aromatic heterocycles. The van der Waals surface area contributed by atoms with Gasteiger partial charge in [-0.2, -0.15) is 0 Å². The van der Waals surface area contributed by atoms with Crippen LogP contribution in [-0.4, -0.2) is 36.6 Å². The summed E-state index contributed by atoms with van der Waals surface area (Å²) >= 11 is 0. The van der Waals surface area contributed by atoms with Gasteiger partial charge in [-0.3, -0.25) is 9.59 Å². The molecule has 1 fully saturated rings. The molecule has 110 valence electrons. The molecule has 1 saturated heterocycles. The highest BCUT2D eigenvalue weighted by molar-refractivity contribution is 6.07. The first-order chi connectivity index (χ1) is 10.1. The molecule has 0 saturated carbocycles. The third-order valence-electron chi connectivity index (χ3n) is 4.32. The molecule has 2 aliphatic heterocycles. The van der Waals surface area contributed by atoms with E-state index in [1.165, 1.54) is 0 Å². The van der Waals surface area contributed by atoms with E-state index in [4.69, 9.17) is 0 Å². The van der Waals surface area contributed by atoms with Crippen LogP contribution in [-0.2, 0) is 9.59 Å². The highest BCUT2D eigenvalue weighted by Gasteiger charge is 2.33. The Morgan fingerprint density at radius 1 is 1.29 bits per heavy atom. The van der Waals surface area contributed by atoms with Crippen molar-refractivity contribution in [1.82, 2.24) is 5.32 Å². The standard InChI is InChI=1S/C16H18N2O3/c1-10(11-8-17-9-11)15(19)18-7-6-13(16(20)21)12-4-2-3-5-14(12)18/h2-5,13,17H,6-9H2,1H3,(H,20,21). The predicted molar refractivity (Wildman–Crippen MR) is 79.4 cm³/mol. The topological polar surface area (TPSA) is 69.6 Å². The lowest BCUT2D eigenvalue weighted by molar-refractivity contribution is -0.139. The van der Waals surface area contributed by atoms with E-state index in [1.54, 1.807) is 11.0 Å². The summed E-state index contributed by atoms with van der Waals surface area (Å²) in [4.78, 5) is 25.8. The highest BCUT2D eigenvalue weighted by atomic mass is 16.4. The van der Waals surface area contributed by atoms with E-state index in [-0.39, 0.29) is 5.91 Å². The number of carbonyl (C=O) groups excluding carboxylic acids is 1. The van der Waals surface area contributed by atoms with Crippen molar-refractivity contribution in [1.29, 1.82) is 0 Å². The number of hydrogen-bond acceptors (Lipinski definition) is 3. The van der Waals surface area contributed by atoms with Crippen LogP contribution in [0.2, 0.25) is 0 Å². The predicted octanol–water partition coefficient (Wildman–Crippen LogP) is 1.51. The molecule has 1 aromatic carbocycles. The van der Waals surface area contributed by atoms with Gasteiger partial charge in [0.25, 0.3) is 5.91 Å². The molecule has 0 aliphatic carbocycles. The van der Waals surface area contributed by atoms with Gasteiger partial charge in [-0.25, -0.2) is 0 Å². The number of carboxylic acids is 1. The fourth-order valence-corrected chi connectivity index (χ4v) is 2.90. The van der Waals surface area contributed by atoms with Crippen LogP contribution in [0.15, 0.2) is 35.4 Å². The van der Waals surface area contributed by atoms with Crippen molar-refractivity contribution in [3.05, 3.63) is 41.0 Å². The Bertz CT molecular complexity index is 630. The number of aliphatic carboxylic acids is 1. The van der Waals surface area contributed by atoms with Gasteiger partial charge in [-0.1, -0.05) is 18.2 Å². The summed E-state index contributed by atoms with van der Waals surface area (Å²) in [6.07, 6.45) is 0.457. The minimum Gasteiger partial charge on any atom is -0.481 e. The molecule has 0 spiro atoms. The maximum atomic E-state index is 12.7. The Morgan fingerprint density at radius 3 is 2.62 bits per heavy atom. The molecule has 0 radical (unpaired) electrons. The summed E-state index contributed by atoms with van der Waals surface area (Å²) in [7, 11) is 0. The highest BCUT2D eigenvalue weighted by Crippen LogP contribution is 2.36. The number of amides is 1. The molecule has 21 heavy (non-hydrogen) atoms. The Morgan fingerprint density at radius 2 is 2.00 bits per heavy atom. The molecule has 0 bridgehead atoms. The number of para-hydroxylation sites is 1. The van der Waals surface area contributed by atoms with E-state index in [0.29, 0.717) is 13.0 Å². The van der Waals surface area contributed by atoms with Crippen LogP contribution in [0.3, 0.4) is 0 Å². The van der Waals surface area contributed by atoms with Gasteiger partial charge in [0, 0.05) is 30.9 Å². The molecule has 1 aromatic rings. The van der Waals surface area contributed by atoms with Crippen LogP contribution in [0.1, 0.15) is 24.8 Å². The Labute approximate surface area is 123 Å². The van der Waals surface area contributed by atoms with Gasteiger partial charge < -0.3 is 15.3 Å². The van der Waals surface area contributed by atoms with Crippen molar-refractivity contribution in [2.45, 2.75) is 19.3 Å². The minimum atomic E-state index is -0.826. The average molecular weight is 286 g/mol. The number of fused-ring (bicyclic) bond motifs is 1. The summed E-state index contributed by atoms with van der Waals surface area (Å²) in [6.45, 7) is 3.84. The smallest absolute Gasteiger partial charge is 0.311 e. The number of carboxylic acid groups (broad SMARTS) is 1. The fraction of sp³-hybridized carbons (Fsp3) is 0.375. The first kappa shape index (κ1) is 13.8. The molecule has 2 N–H and O–H groups in total. The van der Waals surface area contributed by atoms with Crippen molar-refractivity contribution in [2.75, 3.05) is 24.5 Å². The lowest BCUT2D eigenvalue weighted by atomic mass is 9.89. The Hall–Kier alpha value is -2.14. The van der Waals surface area contributed by atoms with Gasteiger partial charge in [0.05, 0.1) is 5.92 Å². The molecule has 2 aliphatic rings. The summed E-state index contributed by atoms with van der Waals surface area (Å²) in [5.74, 6) is -1.36. The SMILES string of the molecule is CC(C(=O)N1CCC(C(=O)O)c2ccccc21)=C1CNC1. The zero-order chi connectivity index (χ0) is 15.0. The second-order valence-electron chi connectivity index (χ2n) is 5.53. The first-order valence-corrected chi connectivity index (χ1v) is 7.12. The molecule has 1 atom stereocenters. The van der Waals surface area contributed by atoms with E-state index in [1.807, 2.05) is 25.1 Å². The molecule has 3 rings (SSSR count). The third kappa shape index (κ3) is 2.34. The van der Waals surface area contributed by atoms with Crippen LogP contribution >= 0.6 is 0 Å². The van der Waals surface area contributed by atoms with Crippen LogP contribution < -0.4 is 10.2 Å². The number of nitrogens with one attached hydrogen (secondary N) is 1. The van der Waals surface area contributed by atoms with E-state index < -0.39 is 11.9 Å². The number of hydrogen-bond donors (Lipinski definition) is 2. The van der Waals surface area contributed by atoms with Crippen LogP contribution in [0, 0.1) is 0 Å². The average Bonchev–Trinajstić information content (AvgIpc) is 2.43. The van der Waals surface area contributed by atoms with Gasteiger partial charge in [-0.05, 0) is 30.5 Å². The van der Waals surface area contributed by atoms with Gasteiger partial charge in [0.2, 0.25) is 0 Å². The second kappa shape index (κ2) is 5.33. The molecular formula is C16H18N2O3. The minimum absolute atomic E-state index is 0.0113. The van der Waals surface area contributed by atoms with E-state index in [2.05, 4.69) is 5.32 Å². The van der Waals surface area contributed by atoms with Gasteiger partial charge in [-0.15, -0.1) is 0 Å². The molecule has 1 unspecified atom stereocenters. The number of benzene rings is 1. The summed E-state index contributed by atoms with van der Waals surface area (Å²) in [5, 5.41) is 12.5. The zero-order valence-corrected chi connectivity index (χ0v) is 11.9. The lowest BCUT2D eigenvalue weighted by Crippen LogP contribution is -2.42. The molecule has 1 amide bonds. The maximum Gasteiger partial charge on any atom is 0.311 e. The number of rotatable bonds is 2. The first-order valence-electron chi connectivity index (χ1n) is 7.12. The summed E-state index contributed by atoms with van der Waals surface area (Å²) in [5.41, 5.74) is 3.37. The molecule has 5 heteroatoms. The number of nitrogens with zero attached hydrogens (tertiary/aromatic N) is 1. The second-order valence-corrected chi connectivity index (χ2v) is 5.53. The quantitative estimate of drug-likeness (QED) is 0.809. The normalized spacial score (nSPS) is 20.5. The lowest BCUT2D eigenvalue weighted by Gasteiger charge is -2.34. The van der Waals surface area contributed by atoms with Crippen molar-refractivity contribution >= 4 is 17.6 Å². The van der Waals surface area contributed by atoms with Crippen molar-refractivity contribution in [3.8, 4) is 0 Å². The van der Waals surface area contributed by atoms with Crippen LogP contribution in [0.5, 0.6) is 0 Å². The largest absolute Gasteiger partial charge is 0.481 e. The molecular weight excluding hydrogens is 268 g/mol. The molecule has 5 nitrogen and oxygen atoms in total. The number of carbonyl (C=O) groups is 2. The molecule has 2 heterocycles. The van der Waals surface area contributed by atoms with E-state index in [9.17, 15) is 14.7 Å². The monoisotopic (exact) mass is 286 g/mol. The third-order valence-corrected chi connectivity index (χ3v) is 4.32. The Kier molecular flexibility index (Phi) is 3.51. The van der Waals surface area contributed by atoms with Gasteiger partial charge in [0.1, 0.15) is 0 Å².